The number of rotatable bonds is 7. The van der Waals surface area contributed by atoms with Gasteiger partial charge in [-0.15, -0.1) is 0 Å². The fraction of sp³-hybridized carbons (Fsp3) is 0.538. The lowest BCUT2D eigenvalue weighted by atomic mass is 9.78. The molecule has 1 unspecified atom stereocenters. The van der Waals surface area contributed by atoms with E-state index >= 15 is 0 Å². The van der Waals surface area contributed by atoms with Gasteiger partial charge >= 0.3 is 12.1 Å². The van der Waals surface area contributed by atoms with Gasteiger partial charge in [0.05, 0.1) is 22.9 Å². The molecule has 0 spiro atoms. The number of carbonyl (C=O) groups excluding carboxylic acids is 2. The summed E-state index contributed by atoms with van der Waals surface area (Å²) in [6.45, 7) is 6.19. The van der Waals surface area contributed by atoms with Crippen LogP contribution in [0.15, 0.2) is 35.4 Å². The Morgan fingerprint density at radius 1 is 1.19 bits per heavy atom. The van der Waals surface area contributed by atoms with E-state index in [0.29, 0.717) is 23.4 Å². The van der Waals surface area contributed by atoms with E-state index in [-0.39, 0.29) is 23.6 Å². The summed E-state index contributed by atoms with van der Waals surface area (Å²) in [7, 11) is 0. The molecule has 0 aromatic heterocycles. The molecule has 198 valence electrons. The van der Waals surface area contributed by atoms with E-state index in [1.54, 1.807) is 26.8 Å². The van der Waals surface area contributed by atoms with E-state index in [1.807, 2.05) is 0 Å². The van der Waals surface area contributed by atoms with Crippen molar-refractivity contribution in [2.45, 2.75) is 65.2 Å². The summed E-state index contributed by atoms with van der Waals surface area (Å²) >= 11 is 12.1. The summed E-state index contributed by atoms with van der Waals surface area (Å²) in [4.78, 5) is 25.8. The fourth-order valence-electron chi connectivity index (χ4n) is 4.27. The van der Waals surface area contributed by atoms with Crippen LogP contribution in [0.3, 0.4) is 0 Å². The van der Waals surface area contributed by atoms with Crippen molar-refractivity contribution in [3.63, 3.8) is 0 Å². The highest BCUT2D eigenvalue weighted by Crippen LogP contribution is 2.51. The van der Waals surface area contributed by atoms with Crippen molar-refractivity contribution in [1.82, 2.24) is 0 Å². The van der Waals surface area contributed by atoms with Crippen LogP contribution in [0.4, 0.5) is 23.2 Å². The van der Waals surface area contributed by atoms with Gasteiger partial charge in [0.25, 0.3) is 0 Å². The van der Waals surface area contributed by atoms with Crippen LogP contribution in [-0.4, -0.2) is 23.7 Å². The largest absolute Gasteiger partial charge is 0.460 e. The molecule has 2 aliphatic carbocycles. The average Bonchev–Trinajstić information content (AvgIpc) is 3.52. The van der Waals surface area contributed by atoms with Crippen LogP contribution in [0.5, 0.6) is 0 Å². The molecule has 0 aliphatic heterocycles. The van der Waals surface area contributed by atoms with Gasteiger partial charge in [0.15, 0.2) is 0 Å². The maximum Gasteiger partial charge on any atom is 0.392 e. The third-order valence-corrected chi connectivity index (χ3v) is 7.15. The average molecular weight is 550 g/mol. The maximum absolute atomic E-state index is 14.8. The predicted octanol–water partition coefficient (Wildman–Crippen LogP) is 7.60. The monoisotopic (exact) mass is 549 g/mol. The zero-order chi connectivity index (χ0) is 27.1. The minimum Gasteiger partial charge on any atom is -0.460 e. The molecular formula is C26H29Cl2F4NO3. The van der Waals surface area contributed by atoms with Gasteiger partial charge in [-0.05, 0) is 76.1 Å². The lowest BCUT2D eigenvalue weighted by Gasteiger charge is -2.31. The number of ether oxygens (including phenoxy) is 1. The van der Waals surface area contributed by atoms with Gasteiger partial charge in [-0.2, -0.15) is 13.2 Å². The quantitative estimate of drug-likeness (QED) is 0.281. The van der Waals surface area contributed by atoms with Crippen molar-refractivity contribution in [3.8, 4) is 0 Å². The Hall–Kier alpha value is -2.06. The maximum atomic E-state index is 14.8. The molecule has 0 saturated heterocycles. The molecular weight excluding hydrogens is 521 g/mol. The molecule has 1 saturated carbocycles. The Labute approximate surface area is 218 Å². The molecule has 0 radical (unpaired) electrons. The highest BCUT2D eigenvalue weighted by atomic mass is 35.5. The Morgan fingerprint density at radius 2 is 1.83 bits per heavy atom. The number of hydrogen-bond acceptors (Lipinski definition) is 3. The summed E-state index contributed by atoms with van der Waals surface area (Å²) in [6, 6.07) is 2.27. The number of amides is 1. The van der Waals surface area contributed by atoms with Crippen molar-refractivity contribution in [1.29, 1.82) is 0 Å². The number of allylic oxidation sites excluding steroid dienone is 4. The van der Waals surface area contributed by atoms with Gasteiger partial charge in [-0.1, -0.05) is 42.3 Å². The van der Waals surface area contributed by atoms with Crippen molar-refractivity contribution in [2.75, 3.05) is 5.32 Å². The second-order valence-electron chi connectivity index (χ2n) is 10.6. The smallest absolute Gasteiger partial charge is 0.392 e. The van der Waals surface area contributed by atoms with Gasteiger partial charge in [-0.3, -0.25) is 9.59 Å². The van der Waals surface area contributed by atoms with E-state index in [4.69, 9.17) is 27.9 Å². The van der Waals surface area contributed by atoms with E-state index in [1.165, 1.54) is 18.2 Å². The van der Waals surface area contributed by atoms with Crippen LogP contribution in [0.2, 0.25) is 5.02 Å². The van der Waals surface area contributed by atoms with Crippen LogP contribution in [-0.2, 0) is 20.7 Å². The number of carbonyl (C=O) groups is 2. The first-order valence-corrected chi connectivity index (χ1v) is 12.4. The summed E-state index contributed by atoms with van der Waals surface area (Å²) in [5.74, 6) is -6.54. The molecule has 3 atom stereocenters. The Morgan fingerprint density at radius 3 is 2.33 bits per heavy atom. The van der Waals surface area contributed by atoms with Gasteiger partial charge < -0.3 is 10.1 Å². The minimum absolute atomic E-state index is 0.0514. The minimum atomic E-state index is -4.64. The van der Waals surface area contributed by atoms with Crippen molar-refractivity contribution in [3.05, 3.63) is 51.8 Å². The first-order valence-electron chi connectivity index (χ1n) is 11.7. The number of nitrogens with one attached hydrogen (secondary N) is 1. The Kier molecular flexibility index (Phi) is 8.21. The summed E-state index contributed by atoms with van der Waals surface area (Å²) in [5, 5.41) is 2.76. The Balaban J connectivity index is 1.85. The van der Waals surface area contributed by atoms with Crippen LogP contribution in [0.25, 0.3) is 0 Å². The molecule has 10 heteroatoms. The lowest BCUT2D eigenvalue weighted by molar-refractivity contribution is -0.188. The summed E-state index contributed by atoms with van der Waals surface area (Å²) < 4.78 is 61.2. The van der Waals surface area contributed by atoms with Crippen LogP contribution in [0.1, 0.15) is 52.5 Å². The molecule has 2 aliphatic rings. The topological polar surface area (TPSA) is 55.4 Å². The summed E-state index contributed by atoms with van der Waals surface area (Å²) in [5.41, 5.74) is -1.39. The first kappa shape index (κ1) is 28.5. The normalized spacial score (nSPS) is 20.8. The standard InChI is InChI=1S/C26H29Cl2F4NO3/c1-14(26(30,31)32)21(15-5-7-17(27)8-6-15)22(34)33-20-11-16(18(28)12-19(20)29)13-25(9-10-25)23(35)36-24(2,3)4/h5,7-8,11-12,14-15,21H,6,9-10,13H2,1-4H3,(H,33,34)/t14-,15?,21+/m1/s1. The highest BCUT2D eigenvalue weighted by Gasteiger charge is 2.52. The predicted molar refractivity (Wildman–Crippen MR) is 131 cm³/mol. The van der Waals surface area contributed by atoms with Gasteiger partial charge in [-0.25, -0.2) is 4.39 Å². The zero-order valence-corrected chi connectivity index (χ0v) is 22.0. The van der Waals surface area contributed by atoms with Crippen LogP contribution < -0.4 is 5.32 Å². The lowest BCUT2D eigenvalue weighted by Crippen LogP contribution is -2.40. The van der Waals surface area contributed by atoms with Crippen molar-refractivity contribution in [2.24, 2.45) is 23.2 Å². The molecule has 36 heavy (non-hydrogen) atoms. The van der Waals surface area contributed by atoms with E-state index in [0.717, 1.165) is 13.0 Å². The number of alkyl halides is 3. The second kappa shape index (κ2) is 10.4. The third-order valence-electron chi connectivity index (χ3n) is 6.51. The SMILES string of the molecule is C[C@H]([C@H](C(=O)Nc1cc(CC2(C(=O)OC(C)(C)C)CC2)c(Cl)cc1F)C1C=CC(Cl)=CC1)C(F)(F)F. The molecule has 0 heterocycles. The molecule has 1 aromatic rings. The Bertz CT molecular complexity index is 1090. The molecule has 4 nitrogen and oxygen atoms in total. The third kappa shape index (κ3) is 6.82. The van der Waals surface area contributed by atoms with E-state index in [2.05, 4.69) is 5.32 Å². The first-order chi connectivity index (χ1) is 16.5. The highest BCUT2D eigenvalue weighted by molar-refractivity contribution is 6.31. The molecule has 1 amide bonds. The molecule has 0 bridgehead atoms. The van der Waals surface area contributed by atoms with E-state index < -0.39 is 52.6 Å². The van der Waals surface area contributed by atoms with Gasteiger partial charge in [0.1, 0.15) is 11.4 Å². The van der Waals surface area contributed by atoms with Gasteiger partial charge in [0, 0.05) is 10.1 Å². The number of anilines is 1. The van der Waals surface area contributed by atoms with Gasteiger partial charge in [0.2, 0.25) is 5.91 Å². The van der Waals surface area contributed by atoms with Crippen molar-refractivity contribution < 1.29 is 31.9 Å². The molecule has 1 N–H and O–H groups in total. The number of hydrogen-bond donors (Lipinski definition) is 1. The van der Waals surface area contributed by atoms with Crippen molar-refractivity contribution >= 4 is 40.8 Å². The fourth-order valence-corrected chi connectivity index (χ4v) is 4.65. The number of halogens is 6. The molecule has 1 aromatic carbocycles. The number of esters is 1. The van der Waals surface area contributed by atoms with Crippen LogP contribution >= 0.6 is 23.2 Å². The van der Waals surface area contributed by atoms with E-state index in [9.17, 15) is 27.2 Å². The summed E-state index contributed by atoms with van der Waals surface area (Å²) in [6.07, 6.45) is 1.24. The molecule has 3 rings (SSSR count). The molecule has 1 fully saturated rings. The number of benzene rings is 1. The van der Waals surface area contributed by atoms with Crippen LogP contribution in [0, 0.1) is 29.0 Å². The second-order valence-corrected chi connectivity index (χ2v) is 11.4. The zero-order valence-electron chi connectivity index (χ0n) is 20.4.